The molecule has 0 atom stereocenters. The van der Waals surface area contributed by atoms with Gasteiger partial charge in [-0.3, -0.25) is 9.88 Å². The minimum atomic E-state index is 0.284. The van der Waals surface area contributed by atoms with Crippen LogP contribution in [0.5, 0.6) is 5.75 Å². The number of hydrogen-bond acceptors (Lipinski definition) is 3. The second kappa shape index (κ2) is 7.54. The Balaban J connectivity index is 1.45. The largest absolute Gasteiger partial charge is 0.508 e. The maximum atomic E-state index is 9.45. The first-order chi connectivity index (χ1) is 12.8. The van der Waals surface area contributed by atoms with E-state index in [-0.39, 0.29) is 5.75 Å². The molecule has 26 heavy (non-hydrogen) atoms. The Morgan fingerprint density at radius 1 is 0.885 bits per heavy atom. The summed E-state index contributed by atoms with van der Waals surface area (Å²) in [4.78, 5) is 6.86. The van der Waals surface area contributed by atoms with Crippen molar-refractivity contribution in [2.75, 3.05) is 13.1 Å². The van der Waals surface area contributed by atoms with Crippen molar-refractivity contribution in [1.82, 2.24) is 9.88 Å². The molecule has 0 saturated heterocycles. The minimum Gasteiger partial charge on any atom is -0.508 e. The number of phenols is 1. The molecule has 1 aromatic heterocycles. The van der Waals surface area contributed by atoms with Crippen LogP contribution < -0.4 is 0 Å². The van der Waals surface area contributed by atoms with E-state index in [1.807, 2.05) is 24.5 Å². The van der Waals surface area contributed by atoms with Crippen LogP contribution in [0, 0.1) is 0 Å². The molecule has 0 bridgehead atoms. The van der Waals surface area contributed by atoms with Gasteiger partial charge in [0.15, 0.2) is 0 Å². The van der Waals surface area contributed by atoms with E-state index < -0.39 is 0 Å². The molecule has 1 aliphatic rings. The van der Waals surface area contributed by atoms with Crippen molar-refractivity contribution in [2.24, 2.45) is 0 Å². The van der Waals surface area contributed by atoms with Crippen LogP contribution in [0.25, 0.3) is 16.7 Å². The number of aromatic hydroxyl groups is 1. The van der Waals surface area contributed by atoms with Crippen molar-refractivity contribution in [1.29, 1.82) is 0 Å². The van der Waals surface area contributed by atoms with Gasteiger partial charge in [0.2, 0.25) is 0 Å². The highest BCUT2D eigenvalue weighted by Gasteiger charge is 2.13. The summed E-state index contributed by atoms with van der Waals surface area (Å²) in [5, 5.41) is 9.45. The molecular formula is C23H22N2O. The Kier molecular flexibility index (Phi) is 4.80. The van der Waals surface area contributed by atoms with Gasteiger partial charge in [0, 0.05) is 37.6 Å². The van der Waals surface area contributed by atoms with Crippen LogP contribution in [0.4, 0.5) is 0 Å². The van der Waals surface area contributed by atoms with Gasteiger partial charge in [0.1, 0.15) is 5.75 Å². The van der Waals surface area contributed by atoms with Gasteiger partial charge in [0.05, 0.1) is 0 Å². The van der Waals surface area contributed by atoms with Gasteiger partial charge in [-0.25, -0.2) is 0 Å². The van der Waals surface area contributed by atoms with E-state index in [0.29, 0.717) is 0 Å². The summed E-state index contributed by atoms with van der Waals surface area (Å²) in [5.41, 5.74) is 6.15. The lowest BCUT2D eigenvalue weighted by molar-refractivity contribution is 0.293. The molecule has 0 saturated carbocycles. The summed E-state index contributed by atoms with van der Waals surface area (Å²) in [6, 6.07) is 20.1. The predicted octanol–water partition coefficient (Wildman–Crippen LogP) is 4.74. The SMILES string of the molecule is Oc1ccc(-c2cncc(CN3CC=C(c4ccccc4)CC3)c2)cc1. The third kappa shape index (κ3) is 3.84. The van der Waals surface area contributed by atoms with E-state index in [0.717, 1.165) is 37.2 Å². The normalized spacial score (nSPS) is 14.8. The van der Waals surface area contributed by atoms with Crippen molar-refractivity contribution in [2.45, 2.75) is 13.0 Å². The van der Waals surface area contributed by atoms with Crippen LogP contribution in [0.1, 0.15) is 17.5 Å². The predicted molar refractivity (Wildman–Crippen MR) is 106 cm³/mol. The molecule has 3 heteroatoms. The van der Waals surface area contributed by atoms with E-state index in [1.165, 1.54) is 16.7 Å². The Bertz CT molecular complexity index is 901. The molecule has 4 rings (SSSR count). The highest BCUT2D eigenvalue weighted by Crippen LogP contribution is 2.25. The smallest absolute Gasteiger partial charge is 0.115 e. The highest BCUT2D eigenvalue weighted by molar-refractivity contribution is 5.66. The average molecular weight is 342 g/mol. The van der Waals surface area contributed by atoms with Crippen molar-refractivity contribution in [3.63, 3.8) is 0 Å². The minimum absolute atomic E-state index is 0.284. The molecule has 3 nitrogen and oxygen atoms in total. The molecule has 0 unspecified atom stereocenters. The summed E-state index contributed by atoms with van der Waals surface area (Å²) >= 11 is 0. The van der Waals surface area contributed by atoms with Gasteiger partial charge in [-0.15, -0.1) is 0 Å². The van der Waals surface area contributed by atoms with Crippen LogP contribution in [0.2, 0.25) is 0 Å². The fourth-order valence-corrected chi connectivity index (χ4v) is 3.41. The lowest BCUT2D eigenvalue weighted by Crippen LogP contribution is -2.28. The lowest BCUT2D eigenvalue weighted by atomic mass is 9.99. The third-order valence-corrected chi connectivity index (χ3v) is 4.84. The molecule has 0 spiro atoms. The number of nitrogens with zero attached hydrogens (tertiary/aromatic N) is 2. The molecule has 0 fully saturated rings. The number of rotatable bonds is 4. The summed E-state index contributed by atoms with van der Waals surface area (Å²) < 4.78 is 0. The van der Waals surface area contributed by atoms with Crippen LogP contribution in [0.3, 0.4) is 0 Å². The molecule has 2 aromatic carbocycles. The van der Waals surface area contributed by atoms with Gasteiger partial charge >= 0.3 is 0 Å². The average Bonchev–Trinajstić information content (AvgIpc) is 2.70. The third-order valence-electron chi connectivity index (χ3n) is 4.84. The maximum absolute atomic E-state index is 9.45. The molecular weight excluding hydrogens is 320 g/mol. The molecule has 0 radical (unpaired) electrons. The Labute approximate surface area is 154 Å². The first-order valence-electron chi connectivity index (χ1n) is 8.98. The van der Waals surface area contributed by atoms with Gasteiger partial charge in [-0.2, -0.15) is 0 Å². The zero-order valence-electron chi connectivity index (χ0n) is 14.7. The van der Waals surface area contributed by atoms with Crippen molar-refractivity contribution in [3.8, 4) is 16.9 Å². The molecule has 3 aromatic rings. The van der Waals surface area contributed by atoms with E-state index >= 15 is 0 Å². The molecule has 130 valence electrons. The second-order valence-corrected chi connectivity index (χ2v) is 6.71. The van der Waals surface area contributed by atoms with Crippen molar-refractivity contribution in [3.05, 3.63) is 90.3 Å². The zero-order chi connectivity index (χ0) is 17.8. The number of hydrogen-bond donors (Lipinski definition) is 1. The standard InChI is InChI=1S/C23H22N2O/c26-23-8-6-20(7-9-23)22-14-18(15-24-16-22)17-25-12-10-21(11-13-25)19-4-2-1-3-5-19/h1-10,14-16,26H,11-13,17H2. The molecule has 1 aliphatic heterocycles. The Morgan fingerprint density at radius 3 is 2.42 bits per heavy atom. The second-order valence-electron chi connectivity index (χ2n) is 6.71. The van der Waals surface area contributed by atoms with Crippen LogP contribution >= 0.6 is 0 Å². The number of pyridine rings is 1. The van der Waals surface area contributed by atoms with Crippen LogP contribution in [-0.2, 0) is 6.54 Å². The summed E-state index contributed by atoms with van der Waals surface area (Å²) in [7, 11) is 0. The van der Waals surface area contributed by atoms with Crippen molar-refractivity contribution < 1.29 is 5.11 Å². The van der Waals surface area contributed by atoms with Gasteiger partial charge in [0.25, 0.3) is 0 Å². The monoisotopic (exact) mass is 342 g/mol. The number of benzene rings is 2. The topological polar surface area (TPSA) is 36.4 Å². The van der Waals surface area contributed by atoms with Crippen LogP contribution in [0.15, 0.2) is 79.1 Å². The summed E-state index contributed by atoms with van der Waals surface area (Å²) in [5.74, 6) is 0.284. The van der Waals surface area contributed by atoms with Gasteiger partial charge in [-0.05, 0) is 46.9 Å². The first-order valence-corrected chi connectivity index (χ1v) is 8.98. The Hall–Kier alpha value is -2.91. The number of aromatic nitrogens is 1. The first kappa shape index (κ1) is 16.6. The fourth-order valence-electron chi connectivity index (χ4n) is 3.41. The molecule has 2 heterocycles. The molecule has 0 aliphatic carbocycles. The van der Waals surface area contributed by atoms with E-state index in [9.17, 15) is 5.11 Å². The number of phenolic OH excluding ortho intramolecular Hbond substituents is 1. The zero-order valence-corrected chi connectivity index (χ0v) is 14.7. The highest BCUT2D eigenvalue weighted by atomic mass is 16.3. The lowest BCUT2D eigenvalue weighted by Gasteiger charge is -2.26. The quantitative estimate of drug-likeness (QED) is 0.744. The Morgan fingerprint density at radius 2 is 1.69 bits per heavy atom. The summed E-state index contributed by atoms with van der Waals surface area (Å²) in [6.07, 6.45) is 7.24. The van der Waals surface area contributed by atoms with Gasteiger partial charge < -0.3 is 5.11 Å². The fraction of sp³-hybridized carbons (Fsp3) is 0.174. The van der Waals surface area contributed by atoms with E-state index in [1.54, 1.807) is 12.1 Å². The van der Waals surface area contributed by atoms with Crippen LogP contribution in [-0.4, -0.2) is 28.1 Å². The molecule has 0 amide bonds. The molecule has 1 N–H and O–H groups in total. The van der Waals surface area contributed by atoms with Gasteiger partial charge in [-0.1, -0.05) is 48.5 Å². The van der Waals surface area contributed by atoms with E-state index in [4.69, 9.17) is 0 Å². The van der Waals surface area contributed by atoms with E-state index in [2.05, 4.69) is 52.4 Å². The summed E-state index contributed by atoms with van der Waals surface area (Å²) in [6.45, 7) is 2.93. The maximum Gasteiger partial charge on any atom is 0.115 e. The van der Waals surface area contributed by atoms with Crippen molar-refractivity contribution >= 4 is 5.57 Å².